The summed E-state index contributed by atoms with van der Waals surface area (Å²) in [6, 6.07) is 15.0. The van der Waals surface area contributed by atoms with Gasteiger partial charge in [0.25, 0.3) is 0 Å². The first kappa shape index (κ1) is 12.6. The summed E-state index contributed by atoms with van der Waals surface area (Å²) in [5.74, 6) is 0.977. The number of phenolic OH excluding ortho intramolecular Hbond substituents is 1. The predicted molar refractivity (Wildman–Crippen MR) is 80.6 cm³/mol. The Morgan fingerprint density at radius 1 is 1.15 bits per heavy atom. The lowest BCUT2D eigenvalue weighted by molar-refractivity contribution is 0.475. The minimum Gasteiger partial charge on any atom is -0.508 e. The standard InChI is InChI=1S/C15H13N3OS/c1-10-9-12(19)7-8-13(10)14-16-17-15(20)18(14)11-5-3-2-4-6-11/h2-9,19H,1H3,(H,17,20). The van der Waals surface area contributed by atoms with Crippen LogP contribution in [0.5, 0.6) is 5.75 Å². The summed E-state index contributed by atoms with van der Waals surface area (Å²) >= 11 is 5.32. The van der Waals surface area contributed by atoms with Crippen molar-refractivity contribution >= 4 is 12.2 Å². The topological polar surface area (TPSA) is 53.8 Å². The van der Waals surface area contributed by atoms with Crippen molar-refractivity contribution in [2.75, 3.05) is 0 Å². The van der Waals surface area contributed by atoms with E-state index in [9.17, 15) is 5.11 Å². The van der Waals surface area contributed by atoms with Crippen LogP contribution in [0, 0.1) is 11.7 Å². The van der Waals surface area contributed by atoms with E-state index in [1.165, 1.54) is 0 Å². The van der Waals surface area contributed by atoms with E-state index in [1.807, 2.05) is 47.9 Å². The van der Waals surface area contributed by atoms with E-state index in [1.54, 1.807) is 12.1 Å². The molecule has 0 unspecified atom stereocenters. The molecule has 4 nitrogen and oxygen atoms in total. The molecular weight excluding hydrogens is 270 g/mol. The van der Waals surface area contributed by atoms with Crippen LogP contribution in [0.3, 0.4) is 0 Å². The average molecular weight is 283 g/mol. The third-order valence-electron chi connectivity index (χ3n) is 3.14. The number of nitrogens with one attached hydrogen (secondary N) is 1. The molecule has 0 radical (unpaired) electrons. The molecular formula is C15H13N3OS. The number of aryl methyl sites for hydroxylation is 1. The van der Waals surface area contributed by atoms with Gasteiger partial charge in [-0.3, -0.25) is 9.67 Å². The van der Waals surface area contributed by atoms with Gasteiger partial charge in [0.05, 0.1) is 0 Å². The van der Waals surface area contributed by atoms with Crippen LogP contribution in [0.15, 0.2) is 48.5 Å². The van der Waals surface area contributed by atoms with Gasteiger partial charge in [0.1, 0.15) is 5.75 Å². The van der Waals surface area contributed by atoms with Gasteiger partial charge in [-0.1, -0.05) is 18.2 Å². The second-order valence-electron chi connectivity index (χ2n) is 4.52. The van der Waals surface area contributed by atoms with Gasteiger partial charge in [-0.05, 0) is 55.0 Å². The second-order valence-corrected chi connectivity index (χ2v) is 4.91. The quantitative estimate of drug-likeness (QED) is 0.706. The molecule has 2 aromatic carbocycles. The van der Waals surface area contributed by atoms with Crippen LogP contribution in [0.1, 0.15) is 5.56 Å². The molecule has 0 saturated heterocycles. The summed E-state index contributed by atoms with van der Waals surface area (Å²) in [4.78, 5) is 0. The molecule has 0 atom stereocenters. The van der Waals surface area contributed by atoms with Gasteiger partial charge >= 0.3 is 0 Å². The zero-order valence-corrected chi connectivity index (χ0v) is 11.7. The van der Waals surface area contributed by atoms with E-state index in [4.69, 9.17) is 12.2 Å². The number of rotatable bonds is 2. The first-order valence-electron chi connectivity index (χ1n) is 6.19. The van der Waals surface area contributed by atoms with Crippen molar-refractivity contribution in [1.29, 1.82) is 0 Å². The highest BCUT2D eigenvalue weighted by molar-refractivity contribution is 7.71. The fraction of sp³-hybridized carbons (Fsp3) is 0.0667. The minimum atomic E-state index is 0.242. The maximum Gasteiger partial charge on any atom is 0.200 e. The van der Waals surface area contributed by atoms with Crippen molar-refractivity contribution in [3.05, 3.63) is 58.9 Å². The molecule has 3 rings (SSSR count). The van der Waals surface area contributed by atoms with Gasteiger partial charge in [0.2, 0.25) is 0 Å². The second kappa shape index (κ2) is 4.94. The maximum absolute atomic E-state index is 9.52. The Morgan fingerprint density at radius 3 is 2.60 bits per heavy atom. The first-order valence-corrected chi connectivity index (χ1v) is 6.60. The van der Waals surface area contributed by atoms with Crippen molar-refractivity contribution in [2.24, 2.45) is 0 Å². The summed E-state index contributed by atoms with van der Waals surface area (Å²) in [5.41, 5.74) is 2.82. The normalized spacial score (nSPS) is 10.7. The largest absolute Gasteiger partial charge is 0.508 e. The van der Waals surface area contributed by atoms with Crippen molar-refractivity contribution in [2.45, 2.75) is 6.92 Å². The molecule has 0 amide bonds. The highest BCUT2D eigenvalue weighted by Crippen LogP contribution is 2.27. The van der Waals surface area contributed by atoms with Crippen molar-refractivity contribution < 1.29 is 5.11 Å². The van der Waals surface area contributed by atoms with Gasteiger partial charge in [0.15, 0.2) is 10.6 Å². The van der Waals surface area contributed by atoms with E-state index in [0.29, 0.717) is 4.77 Å². The van der Waals surface area contributed by atoms with Crippen LogP contribution in [-0.4, -0.2) is 19.9 Å². The summed E-state index contributed by atoms with van der Waals surface area (Å²) in [5, 5.41) is 16.7. The van der Waals surface area contributed by atoms with E-state index < -0.39 is 0 Å². The molecule has 0 aliphatic carbocycles. The monoisotopic (exact) mass is 283 g/mol. The van der Waals surface area contributed by atoms with Gasteiger partial charge in [-0.15, -0.1) is 0 Å². The molecule has 0 aliphatic rings. The van der Waals surface area contributed by atoms with E-state index >= 15 is 0 Å². The molecule has 20 heavy (non-hydrogen) atoms. The number of para-hydroxylation sites is 1. The van der Waals surface area contributed by atoms with Crippen molar-refractivity contribution in [1.82, 2.24) is 14.8 Å². The molecule has 3 aromatic rings. The zero-order valence-electron chi connectivity index (χ0n) is 10.9. The molecule has 1 aromatic heterocycles. The fourth-order valence-electron chi connectivity index (χ4n) is 2.19. The molecule has 0 bridgehead atoms. The Labute approximate surface area is 121 Å². The summed E-state index contributed by atoms with van der Waals surface area (Å²) in [7, 11) is 0. The third-order valence-corrected chi connectivity index (χ3v) is 3.41. The fourth-order valence-corrected chi connectivity index (χ4v) is 2.43. The van der Waals surface area contributed by atoms with Crippen LogP contribution in [-0.2, 0) is 0 Å². The maximum atomic E-state index is 9.52. The summed E-state index contributed by atoms with van der Waals surface area (Å²) in [6.07, 6.45) is 0. The van der Waals surface area contributed by atoms with Crippen LogP contribution >= 0.6 is 12.2 Å². The number of hydrogen-bond donors (Lipinski definition) is 2. The van der Waals surface area contributed by atoms with Gasteiger partial charge in [-0.2, -0.15) is 5.10 Å². The number of benzene rings is 2. The third kappa shape index (κ3) is 2.12. The SMILES string of the molecule is Cc1cc(O)ccc1-c1n[nH]c(=S)n1-c1ccccc1. The smallest absolute Gasteiger partial charge is 0.200 e. The first-order chi connectivity index (χ1) is 9.66. The number of aromatic nitrogens is 3. The lowest BCUT2D eigenvalue weighted by Gasteiger charge is -2.09. The van der Waals surface area contributed by atoms with E-state index in [2.05, 4.69) is 10.2 Å². The van der Waals surface area contributed by atoms with Crippen LogP contribution < -0.4 is 0 Å². The summed E-state index contributed by atoms with van der Waals surface area (Å²) in [6.45, 7) is 1.93. The van der Waals surface area contributed by atoms with Crippen LogP contribution in [0.25, 0.3) is 17.1 Å². The predicted octanol–water partition coefficient (Wildman–Crippen LogP) is 3.61. The molecule has 1 heterocycles. The Bertz CT molecular complexity index is 805. The number of phenols is 1. The van der Waals surface area contributed by atoms with Crippen LogP contribution in [0.2, 0.25) is 0 Å². The zero-order chi connectivity index (χ0) is 14.1. The molecule has 0 aliphatic heterocycles. The van der Waals surface area contributed by atoms with Gasteiger partial charge in [-0.25, -0.2) is 0 Å². The Hall–Kier alpha value is -2.40. The molecule has 0 spiro atoms. The Kier molecular flexibility index (Phi) is 3.12. The lowest BCUT2D eigenvalue weighted by atomic mass is 10.1. The van der Waals surface area contributed by atoms with Crippen molar-refractivity contribution in [3.8, 4) is 22.8 Å². The molecule has 100 valence electrons. The Balaban J connectivity index is 2.24. The van der Waals surface area contributed by atoms with Crippen molar-refractivity contribution in [3.63, 3.8) is 0 Å². The molecule has 2 N–H and O–H groups in total. The van der Waals surface area contributed by atoms with Gasteiger partial charge in [0, 0.05) is 11.3 Å². The van der Waals surface area contributed by atoms with E-state index in [-0.39, 0.29) is 5.75 Å². The van der Waals surface area contributed by atoms with Crippen LogP contribution in [0.4, 0.5) is 0 Å². The Morgan fingerprint density at radius 2 is 1.90 bits per heavy atom. The molecule has 0 fully saturated rings. The van der Waals surface area contributed by atoms with Gasteiger partial charge < -0.3 is 5.11 Å². The molecule has 5 heteroatoms. The highest BCUT2D eigenvalue weighted by atomic mass is 32.1. The average Bonchev–Trinajstić information content (AvgIpc) is 2.81. The van der Waals surface area contributed by atoms with E-state index in [0.717, 1.165) is 22.6 Å². The number of aromatic amines is 1. The summed E-state index contributed by atoms with van der Waals surface area (Å²) < 4.78 is 2.42. The number of H-pyrrole nitrogens is 1. The minimum absolute atomic E-state index is 0.242. The lowest BCUT2D eigenvalue weighted by Crippen LogP contribution is -1.98. The number of aromatic hydroxyl groups is 1. The number of nitrogens with zero attached hydrogens (tertiary/aromatic N) is 2. The molecule has 0 saturated carbocycles. The highest BCUT2D eigenvalue weighted by Gasteiger charge is 2.12. The number of hydrogen-bond acceptors (Lipinski definition) is 3.